The fourth-order valence-corrected chi connectivity index (χ4v) is 5.99. The first-order valence-electron chi connectivity index (χ1n) is 13.3. The zero-order valence-corrected chi connectivity index (χ0v) is 22.8. The Bertz CT molecular complexity index is 1560. The van der Waals surface area contributed by atoms with Crippen LogP contribution in [0.2, 0.25) is 0 Å². The molecule has 0 aliphatic carbocycles. The van der Waals surface area contributed by atoms with Gasteiger partial charge in [0, 0.05) is 50.9 Å². The van der Waals surface area contributed by atoms with Crippen molar-refractivity contribution in [1.29, 1.82) is 0 Å². The number of aromatic amines is 2. The molecule has 36 heavy (non-hydrogen) atoms. The van der Waals surface area contributed by atoms with Crippen LogP contribution in [0, 0.1) is 20.8 Å². The molecule has 0 saturated heterocycles. The Hall–Kier alpha value is -3.40. The van der Waals surface area contributed by atoms with Gasteiger partial charge in [-0.1, -0.05) is 39.8 Å². The first-order valence-corrected chi connectivity index (χ1v) is 13.3. The molecule has 0 fully saturated rings. The summed E-state index contributed by atoms with van der Waals surface area (Å²) in [6.07, 6.45) is 7.41. The van der Waals surface area contributed by atoms with Crippen LogP contribution in [-0.2, 0) is 6.42 Å². The van der Waals surface area contributed by atoms with Crippen molar-refractivity contribution in [1.82, 2.24) is 19.9 Å². The van der Waals surface area contributed by atoms with Crippen molar-refractivity contribution in [2.24, 2.45) is 0 Å². The van der Waals surface area contributed by atoms with Gasteiger partial charge in [-0.05, 0) is 92.6 Å². The normalized spacial score (nSPS) is 17.4. The van der Waals surface area contributed by atoms with E-state index in [1.165, 1.54) is 33.5 Å². The van der Waals surface area contributed by atoms with Gasteiger partial charge >= 0.3 is 0 Å². The second-order valence-corrected chi connectivity index (χ2v) is 10.5. The first-order chi connectivity index (χ1) is 17.3. The Morgan fingerprint density at radius 3 is 2.31 bits per heavy atom. The Morgan fingerprint density at radius 1 is 0.889 bits per heavy atom. The lowest BCUT2D eigenvalue weighted by atomic mass is 9.86. The van der Waals surface area contributed by atoms with E-state index in [1.807, 2.05) is 6.08 Å². The fraction of sp³-hybridized carbons (Fsp3) is 0.375. The summed E-state index contributed by atoms with van der Waals surface area (Å²) >= 11 is 0. The standard InChI is InChI=1S/C32H38N4/c1-9-12-24-20(7)29-15-27-18(5)23(11-3)31(34-27)16-28-19(6)22(10-2)30(35-28)14-25-17(4)13-26(33-25)21(8)32(24)36-29/h11,13-16,20,24,34-35H,3,9-10,12H2,1-2,4-8H3/t20-,24-/m0/s1. The molecule has 5 rings (SSSR count). The molecular formula is C32H38N4. The highest BCUT2D eigenvalue weighted by molar-refractivity contribution is 5.86. The van der Waals surface area contributed by atoms with E-state index < -0.39 is 0 Å². The molecule has 186 valence electrons. The van der Waals surface area contributed by atoms with Crippen LogP contribution in [0.5, 0.6) is 0 Å². The Labute approximate surface area is 214 Å². The molecule has 0 spiro atoms. The number of fused-ring (bicyclic) bond motifs is 8. The van der Waals surface area contributed by atoms with Crippen LogP contribution < -0.4 is 0 Å². The van der Waals surface area contributed by atoms with E-state index in [1.54, 1.807) is 0 Å². The van der Waals surface area contributed by atoms with E-state index in [-0.39, 0.29) is 0 Å². The molecule has 0 saturated carbocycles. The predicted octanol–water partition coefficient (Wildman–Crippen LogP) is 8.69. The third kappa shape index (κ3) is 3.84. The third-order valence-electron chi connectivity index (χ3n) is 8.28. The molecule has 2 aliphatic rings. The molecule has 0 aromatic carbocycles. The van der Waals surface area contributed by atoms with Gasteiger partial charge in [0.15, 0.2) is 0 Å². The lowest BCUT2D eigenvalue weighted by Crippen LogP contribution is -2.03. The second-order valence-electron chi connectivity index (χ2n) is 10.5. The Morgan fingerprint density at radius 2 is 1.61 bits per heavy atom. The van der Waals surface area contributed by atoms with Crippen molar-refractivity contribution >= 4 is 39.8 Å². The van der Waals surface area contributed by atoms with Gasteiger partial charge in [-0.3, -0.25) is 4.98 Å². The van der Waals surface area contributed by atoms with E-state index in [4.69, 9.17) is 9.97 Å². The quantitative estimate of drug-likeness (QED) is 0.394. The molecule has 0 amide bonds. The largest absolute Gasteiger partial charge is 0.355 e. The molecule has 3 aromatic heterocycles. The van der Waals surface area contributed by atoms with Crippen molar-refractivity contribution in [3.8, 4) is 0 Å². The molecular weight excluding hydrogens is 440 g/mol. The van der Waals surface area contributed by atoms with Crippen molar-refractivity contribution < 1.29 is 0 Å². The maximum Gasteiger partial charge on any atom is 0.0687 e. The smallest absolute Gasteiger partial charge is 0.0687 e. The number of rotatable bonds is 4. The van der Waals surface area contributed by atoms with Gasteiger partial charge in [0.05, 0.1) is 11.4 Å². The van der Waals surface area contributed by atoms with Crippen molar-refractivity contribution in [3.63, 3.8) is 0 Å². The lowest BCUT2D eigenvalue weighted by Gasteiger charge is -2.16. The number of allylic oxidation sites excluding steroid dienone is 1. The van der Waals surface area contributed by atoms with Crippen molar-refractivity contribution in [2.45, 2.75) is 79.6 Å². The minimum absolute atomic E-state index is 0.356. The van der Waals surface area contributed by atoms with Crippen LogP contribution >= 0.6 is 0 Å². The second kappa shape index (κ2) is 9.24. The maximum atomic E-state index is 5.25. The first kappa shape index (κ1) is 24.3. The summed E-state index contributed by atoms with van der Waals surface area (Å²) in [5, 5.41) is 0. The molecule has 2 atom stereocenters. The number of nitrogens with one attached hydrogen (secondary N) is 2. The topological polar surface area (TPSA) is 57.4 Å². The number of aromatic nitrogens is 4. The van der Waals surface area contributed by atoms with Gasteiger partial charge < -0.3 is 9.97 Å². The summed E-state index contributed by atoms with van der Waals surface area (Å²) in [6.45, 7) is 19.7. The predicted molar refractivity (Wildman–Crippen MR) is 154 cm³/mol. The van der Waals surface area contributed by atoms with Gasteiger partial charge in [0.1, 0.15) is 0 Å². The third-order valence-corrected chi connectivity index (χ3v) is 8.28. The average Bonchev–Trinajstić information content (AvgIpc) is 3.54. The molecule has 0 radical (unpaired) electrons. The lowest BCUT2D eigenvalue weighted by molar-refractivity contribution is 0.547. The van der Waals surface area contributed by atoms with E-state index in [0.29, 0.717) is 11.8 Å². The van der Waals surface area contributed by atoms with Crippen LogP contribution in [0.4, 0.5) is 0 Å². The van der Waals surface area contributed by atoms with Crippen LogP contribution in [0.15, 0.2) is 24.8 Å². The molecule has 2 aliphatic heterocycles. The van der Waals surface area contributed by atoms with E-state index >= 15 is 0 Å². The summed E-state index contributed by atoms with van der Waals surface area (Å²) < 4.78 is 0. The minimum Gasteiger partial charge on any atom is -0.355 e. The number of hydrogen-bond acceptors (Lipinski definition) is 2. The molecule has 3 aromatic rings. The number of aryl methyl sites for hydroxylation is 3. The molecule has 8 bridgehead atoms. The van der Waals surface area contributed by atoms with Crippen LogP contribution in [-0.4, -0.2) is 19.9 Å². The number of hydrogen-bond donors (Lipinski definition) is 2. The van der Waals surface area contributed by atoms with E-state index in [0.717, 1.165) is 64.0 Å². The highest BCUT2D eigenvalue weighted by Crippen LogP contribution is 2.41. The van der Waals surface area contributed by atoms with Gasteiger partial charge in [-0.25, -0.2) is 4.98 Å². The molecule has 4 heteroatoms. The van der Waals surface area contributed by atoms with Crippen LogP contribution in [0.25, 0.3) is 39.8 Å². The molecule has 5 heterocycles. The number of H-pyrrole nitrogens is 2. The summed E-state index contributed by atoms with van der Waals surface area (Å²) in [5.74, 6) is 0.760. The van der Waals surface area contributed by atoms with Gasteiger partial charge in [0.2, 0.25) is 0 Å². The van der Waals surface area contributed by atoms with Gasteiger partial charge in [0.25, 0.3) is 0 Å². The average molecular weight is 479 g/mol. The SMILES string of the molecule is C=Cc1c(C)c2cc3nc(c(C)c4nc(cc5[nH]c(cc1[nH]2)c(C)c5CC)C(C)=C4)[C@@H](CCC)[C@@H]3C. The van der Waals surface area contributed by atoms with Crippen LogP contribution in [0.1, 0.15) is 103 Å². The Balaban J connectivity index is 1.97. The fourth-order valence-electron chi connectivity index (χ4n) is 5.99. The zero-order chi connectivity index (χ0) is 25.7. The number of nitrogens with zero attached hydrogens (tertiary/aromatic N) is 2. The van der Waals surface area contributed by atoms with Gasteiger partial charge in [-0.2, -0.15) is 0 Å². The summed E-state index contributed by atoms with van der Waals surface area (Å²) in [6, 6.07) is 6.70. The van der Waals surface area contributed by atoms with Gasteiger partial charge in [-0.15, -0.1) is 0 Å². The maximum absolute atomic E-state index is 5.25. The van der Waals surface area contributed by atoms with Crippen molar-refractivity contribution in [2.75, 3.05) is 0 Å². The van der Waals surface area contributed by atoms with Crippen molar-refractivity contribution in [3.05, 3.63) is 75.4 Å². The van der Waals surface area contributed by atoms with Crippen LogP contribution in [0.3, 0.4) is 0 Å². The minimum atomic E-state index is 0.356. The highest BCUT2D eigenvalue weighted by Gasteiger charge is 2.30. The van der Waals surface area contributed by atoms with E-state index in [2.05, 4.69) is 89.3 Å². The molecule has 0 unspecified atom stereocenters. The monoisotopic (exact) mass is 478 g/mol. The molecule has 2 N–H and O–H groups in total. The summed E-state index contributed by atoms with van der Waals surface area (Å²) in [5.41, 5.74) is 16.2. The summed E-state index contributed by atoms with van der Waals surface area (Å²) in [7, 11) is 0. The highest BCUT2D eigenvalue weighted by atomic mass is 14.8. The summed E-state index contributed by atoms with van der Waals surface area (Å²) in [4.78, 5) is 17.8. The Kier molecular flexibility index (Phi) is 6.23. The van der Waals surface area contributed by atoms with E-state index in [9.17, 15) is 0 Å². The zero-order valence-electron chi connectivity index (χ0n) is 22.8. The molecule has 4 nitrogen and oxygen atoms in total.